The van der Waals surface area contributed by atoms with Gasteiger partial charge in [0.2, 0.25) is 0 Å². The molecule has 1 heterocycles. The van der Waals surface area contributed by atoms with Gasteiger partial charge in [-0.3, -0.25) is 0 Å². The van der Waals surface area contributed by atoms with Gasteiger partial charge >= 0.3 is 0 Å². The van der Waals surface area contributed by atoms with Crippen LogP contribution < -0.4 is 0 Å². The summed E-state index contributed by atoms with van der Waals surface area (Å²) in [5.74, 6) is 2.26. The van der Waals surface area contributed by atoms with Crippen LogP contribution in [0.5, 0.6) is 0 Å². The molecule has 1 unspecified atom stereocenters. The van der Waals surface area contributed by atoms with Gasteiger partial charge in [-0.05, 0) is 18.8 Å². The number of aliphatic hydroxyl groups is 2. The van der Waals surface area contributed by atoms with Crippen LogP contribution in [0.15, 0.2) is 0 Å². The topological polar surface area (TPSA) is 71.2 Å². The standard InChI is InChI=1S/C13H23N3O2/c1-3-10(2)8-11-14-12(13(9-18)4-5-13)16(15-11)6-7-17/h10,17-18H,3-9H2,1-2H3. The van der Waals surface area contributed by atoms with Crippen LogP contribution in [0.4, 0.5) is 0 Å². The van der Waals surface area contributed by atoms with E-state index in [-0.39, 0.29) is 18.6 Å². The first kappa shape index (κ1) is 13.5. The van der Waals surface area contributed by atoms with Gasteiger partial charge in [-0.1, -0.05) is 20.3 Å². The molecule has 5 heteroatoms. The minimum atomic E-state index is -0.185. The van der Waals surface area contributed by atoms with E-state index in [1.54, 1.807) is 4.68 Å². The van der Waals surface area contributed by atoms with E-state index in [1.807, 2.05) is 0 Å². The molecule has 2 N–H and O–H groups in total. The van der Waals surface area contributed by atoms with Gasteiger partial charge in [0, 0.05) is 6.42 Å². The lowest BCUT2D eigenvalue weighted by molar-refractivity contribution is 0.234. The summed E-state index contributed by atoms with van der Waals surface area (Å²) >= 11 is 0. The summed E-state index contributed by atoms with van der Waals surface area (Å²) in [7, 11) is 0. The van der Waals surface area contributed by atoms with E-state index in [0.717, 1.165) is 37.3 Å². The molecule has 5 nitrogen and oxygen atoms in total. The molecule has 0 radical (unpaired) electrons. The number of hydrogen-bond acceptors (Lipinski definition) is 4. The van der Waals surface area contributed by atoms with Gasteiger partial charge in [0.05, 0.1) is 25.2 Å². The van der Waals surface area contributed by atoms with E-state index in [0.29, 0.717) is 12.5 Å². The highest BCUT2D eigenvalue weighted by Gasteiger charge is 2.48. The van der Waals surface area contributed by atoms with Crippen molar-refractivity contribution in [1.82, 2.24) is 14.8 Å². The van der Waals surface area contributed by atoms with Crippen LogP contribution in [0.1, 0.15) is 44.8 Å². The van der Waals surface area contributed by atoms with Crippen LogP contribution in [0.3, 0.4) is 0 Å². The maximum Gasteiger partial charge on any atom is 0.151 e. The fourth-order valence-electron chi connectivity index (χ4n) is 2.18. The lowest BCUT2D eigenvalue weighted by Crippen LogP contribution is -2.20. The molecule has 0 aromatic carbocycles. The Morgan fingerprint density at radius 1 is 1.39 bits per heavy atom. The zero-order valence-electron chi connectivity index (χ0n) is 11.3. The van der Waals surface area contributed by atoms with Crippen LogP contribution >= 0.6 is 0 Å². The normalized spacial score (nSPS) is 18.9. The van der Waals surface area contributed by atoms with E-state index in [9.17, 15) is 5.11 Å². The van der Waals surface area contributed by atoms with E-state index in [4.69, 9.17) is 5.11 Å². The summed E-state index contributed by atoms with van der Waals surface area (Å²) in [5.41, 5.74) is -0.185. The Labute approximate surface area is 108 Å². The summed E-state index contributed by atoms with van der Waals surface area (Å²) in [6, 6.07) is 0. The Morgan fingerprint density at radius 2 is 2.11 bits per heavy atom. The average molecular weight is 253 g/mol. The molecule has 0 amide bonds. The predicted octanol–water partition coefficient (Wildman–Crippen LogP) is 0.883. The maximum absolute atomic E-state index is 9.50. The number of hydrogen-bond donors (Lipinski definition) is 2. The minimum Gasteiger partial charge on any atom is -0.395 e. The third-order valence-corrected chi connectivity index (χ3v) is 3.89. The highest BCUT2D eigenvalue weighted by Crippen LogP contribution is 2.46. The van der Waals surface area contributed by atoms with Crippen LogP contribution in [0, 0.1) is 5.92 Å². The highest BCUT2D eigenvalue weighted by molar-refractivity contribution is 5.19. The number of nitrogens with zero attached hydrogens (tertiary/aromatic N) is 3. The molecule has 0 aliphatic heterocycles. The van der Waals surface area contributed by atoms with Crippen molar-refractivity contribution >= 4 is 0 Å². The molecule has 1 aliphatic rings. The first-order valence-corrected chi connectivity index (χ1v) is 6.81. The zero-order valence-corrected chi connectivity index (χ0v) is 11.3. The second-order valence-corrected chi connectivity index (χ2v) is 5.45. The summed E-state index contributed by atoms with van der Waals surface area (Å²) in [5, 5.41) is 23.1. The summed E-state index contributed by atoms with van der Waals surface area (Å²) < 4.78 is 1.78. The van der Waals surface area contributed by atoms with E-state index >= 15 is 0 Å². The molecule has 0 saturated heterocycles. The Bertz CT molecular complexity index is 399. The SMILES string of the molecule is CCC(C)Cc1nc(C2(CO)CC2)n(CCO)n1. The van der Waals surface area contributed by atoms with Gasteiger partial charge in [0.1, 0.15) is 5.82 Å². The largest absolute Gasteiger partial charge is 0.395 e. The van der Waals surface area contributed by atoms with Crippen LogP contribution in [-0.4, -0.2) is 38.2 Å². The average Bonchev–Trinajstić information content (AvgIpc) is 3.07. The molecule has 18 heavy (non-hydrogen) atoms. The van der Waals surface area contributed by atoms with Gasteiger partial charge in [-0.15, -0.1) is 0 Å². The molecule has 1 aromatic rings. The molecule has 1 saturated carbocycles. The fraction of sp³-hybridized carbons (Fsp3) is 0.846. The molecular formula is C13H23N3O2. The van der Waals surface area contributed by atoms with Crippen molar-refractivity contribution in [3.05, 3.63) is 11.6 Å². The van der Waals surface area contributed by atoms with Gasteiger partial charge in [0.15, 0.2) is 5.82 Å². The molecule has 0 spiro atoms. The molecule has 1 atom stereocenters. The van der Waals surface area contributed by atoms with E-state index < -0.39 is 0 Å². The minimum absolute atomic E-state index is 0.0562. The first-order valence-electron chi connectivity index (χ1n) is 6.81. The van der Waals surface area contributed by atoms with Crippen molar-refractivity contribution in [3.8, 4) is 0 Å². The maximum atomic E-state index is 9.50. The van der Waals surface area contributed by atoms with E-state index in [1.165, 1.54) is 0 Å². The van der Waals surface area contributed by atoms with E-state index in [2.05, 4.69) is 23.9 Å². The number of aromatic nitrogens is 3. The Morgan fingerprint density at radius 3 is 2.61 bits per heavy atom. The fourth-order valence-corrected chi connectivity index (χ4v) is 2.18. The van der Waals surface area contributed by atoms with Crippen molar-refractivity contribution in [2.45, 2.75) is 51.5 Å². The molecule has 102 valence electrons. The first-order chi connectivity index (χ1) is 8.65. The van der Waals surface area contributed by atoms with Crippen molar-refractivity contribution in [2.75, 3.05) is 13.2 Å². The monoisotopic (exact) mass is 253 g/mol. The third kappa shape index (κ3) is 2.57. The zero-order chi connectivity index (χ0) is 13.2. The van der Waals surface area contributed by atoms with Crippen molar-refractivity contribution in [2.24, 2.45) is 5.92 Å². The second-order valence-electron chi connectivity index (χ2n) is 5.45. The van der Waals surface area contributed by atoms with Crippen molar-refractivity contribution in [3.63, 3.8) is 0 Å². The number of aliphatic hydroxyl groups excluding tert-OH is 2. The van der Waals surface area contributed by atoms with Crippen molar-refractivity contribution in [1.29, 1.82) is 0 Å². The molecule has 1 fully saturated rings. The Hall–Kier alpha value is -0.940. The predicted molar refractivity (Wildman–Crippen MR) is 68.3 cm³/mol. The third-order valence-electron chi connectivity index (χ3n) is 3.89. The lowest BCUT2D eigenvalue weighted by Gasteiger charge is -2.11. The van der Waals surface area contributed by atoms with Crippen molar-refractivity contribution < 1.29 is 10.2 Å². The molecule has 2 rings (SSSR count). The number of rotatable bonds is 7. The highest BCUT2D eigenvalue weighted by atomic mass is 16.3. The van der Waals surface area contributed by atoms with Gasteiger partial charge in [-0.2, -0.15) is 5.10 Å². The van der Waals surface area contributed by atoms with Gasteiger partial charge in [0.25, 0.3) is 0 Å². The Balaban J connectivity index is 2.21. The lowest BCUT2D eigenvalue weighted by atomic mass is 10.1. The molecule has 1 aliphatic carbocycles. The second kappa shape index (κ2) is 5.36. The quantitative estimate of drug-likeness (QED) is 0.757. The van der Waals surface area contributed by atoms with Gasteiger partial charge in [-0.25, -0.2) is 9.67 Å². The van der Waals surface area contributed by atoms with Crippen LogP contribution in [0.25, 0.3) is 0 Å². The van der Waals surface area contributed by atoms with Gasteiger partial charge < -0.3 is 10.2 Å². The summed E-state index contributed by atoms with van der Waals surface area (Å²) in [4.78, 5) is 4.60. The molecular weight excluding hydrogens is 230 g/mol. The smallest absolute Gasteiger partial charge is 0.151 e. The summed E-state index contributed by atoms with van der Waals surface area (Å²) in [6.45, 7) is 4.99. The molecule has 0 bridgehead atoms. The van der Waals surface area contributed by atoms with Crippen LogP contribution in [0.2, 0.25) is 0 Å². The molecule has 1 aromatic heterocycles. The summed E-state index contributed by atoms with van der Waals surface area (Å²) in [6.07, 6.45) is 3.91. The Kier molecular flexibility index (Phi) is 4.02. The van der Waals surface area contributed by atoms with Crippen LogP contribution in [-0.2, 0) is 18.4 Å².